The molecule has 1 heterocycles. The fourth-order valence-corrected chi connectivity index (χ4v) is 1.54. The molecule has 1 unspecified atom stereocenters. The maximum atomic E-state index is 11.8. The van der Waals surface area contributed by atoms with Crippen molar-refractivity contribution in [1.82, 2.24) is 4.90 Å². The van der Waals surface area contributed by atoms with Crippen molar-refractivity contribution in [2.24, 2.45) is 0 Å². The first-order valence-corrected chi connectivity index (χ1v) is 5.40. The summed E-state index contributed by atoms with van der Waals surface area (Å²) >= 11 is 0. The van der Waals surface area contributed by atoms with Gasteiger partial charge in [0.1, 0.15) is 11.7 Å². The second kappa shape index (κ2) is 4.82. The molecule has 5 heteroatoms. The topological polar surface area (TPSA) is 55.8 Å². The van der Waals surface area contributed by atoms with Gasteiger partial charge >= 0.3 is 6.09 Å². The normalized spacial score (nSPS) is 26.4. The van der Waals surface area contributed by atoms with E-state index in [0.717, 1.165) is 0 Å². The first-order chi connectivity index (χ1) is 7.31. The number of carbonyl (C=O) groups excluding carboxylic acids is 2. The standard InChI is InChI=1S/C11H19NO4/c1-8-5-12(6-9(7-13)15-8)10(14)16-11(2,3)4/h7-9H,5-6H2,1-4H3/t8-,9?/m1/s1. The fourth-order valence-electron chi connectivity index (χ4n) is 1.54. The highest BCUT2D eigenvalue weighted by atomic mass is 16.6. The molecular formula is C11H19NO4. The predicted molar refractivity (Wildman–Crippen MR) is 58.2 cm³/mol. The zero-order valence-corrected chi connectivity index (χ0v) is 10.2. The lowest BCUT2D eigenvalue weighted by atomic mass is 10.2. The molecule has 1 fully saturated rings. The van der Waals surface area contributed by atoms with E-state index in [9.17, 15) is 9.59 Å². The zero-order chi connectivity index (χ0) is 12.3. The minimum Gasteiger partial charge on any atom is -0.444 e. The van der Waals surface area contributed by atoms with E-state index in [1.807, 2.05) is 27.7 Å². The molecule has 0 spiro atoms. The molecule has 0 aliphatic carbocycles. The molecule has 1 aliphatic rings. The van der Waals surface area contributed by atoms with Crippen molar-refractivity contribution in [2.75, 3.05) is 13.1 Å². The number of aldehydes is 1. The molecule has 0 radical (unpaired) electrons. The Labute approximate surface area is 95.7 Å². The molecule has 1 saturated heterocycles. The van der Waals surface area contributed by atoms with Crippen molar-refractivity contribution >= 4 is 12.4 Å². The van der Waals surface area contributed by atoms with Crippen LogP contribution in [-0.4, -0.2) is 48.2 Å². The van der Waals surface area contributed by atoms with Gasteiger partial charge in [-0.1, -0.05) is 0 Å². The number of hydrogen-bond acceptors (Lipinski definition) is 4. The van der Waals surface area contributed by atoms with Crippen LogP contribution < -0.4 is 0 Å². The molecule has 16 heavy (non-hydrogen) atoms. The van der Waals surface area contributed by atoms with E-state index in [0.29, 0.717) is 12.8 Å². The summed E-state index contributed by atoms with van der Waals surface area (Å²) in [5, 5.41) is 0. The fraction of sp³-hybridized carbons (Fsp3) is 0.818. The average Bonchev–Trinajstić information content (AvgIpc) is 2.14. The Bertz CT molecular complexity index is 272. The van der Waals surface area contributed by atoms with Gasteiger partial charge in [-0.3, -0.25) is 0 Å². The Kier molecular flexibility index (Phi) is 3.91. The van der Waals surface area contributed by atoms with E-state index in [-0.39, 0.29) is 12.6 Å². The first-order valence-electron chi connectivity index (χ1n) is 5.40. The Balaban J connectivity index is 2.58. The molecule has 0 saturated carbocycles. The van der Waals surface area contributed by atoms with Gasteiger partial charge in [0.15, 0.2) is 6.29 Å². The largest absolute Gasteiger partial charge is 0.444 e. The Hall–Kier alpha value is -1.10. The quantitative estimate of drug-likeness (QED) is 0.634. The van der Waals surface area contributed by atoms with Crippen LogP contribution in [0.2, 0.25) is 0 Å². The minimum atomic E-state index is -0.545. The number of carbonyl (C=O) groups is 2. The van der Waals surface area contributed by atoms with Crippen LogP contribution in [0, 0.1) is 0 Å². The summed E-state index contributed by atoms with van der Waals surface area (Å²) in [6.45, 7) is 7.99. The SMILES string of the molecule is C[C@@H]1CN(C(=O)OC(C)(C)C)CC(C=O)O1. The van der Waals surface area contributed by atoms with Crippen LogP contribution in [0.5, 0.6) is 0 Å². The first kappa shape index (κ1) is 13.0. The molecule has 1 amide bonds. The van der Waals surface area contributed by atoms with Gasteiger partial charge in [-0.25, -0.2) is 4.79 Å². The molecule has 0 aromatic heterocycles. The Morgan fingerprint density at radius 3 is 2.56 bits per heavy atom. The molecule has 0 bridgehead atoms. The number of nitrogens with zero attached hydrogens (tertiary/aromatic N) is 1. The summed E-state index contributed by atoms with van der Waals surface area (Å²) < 4.78 is 10.6. The van der Waals surface area contributed by atoms with Gasteiger partial charge < -0.3 is 19.2 Å². The van der Waals surface area contributed by atoms with Crippen LogP contribution in [0.4, 0.5) is 4.79 Å². The summed E-state index contributed by atoms with van der Waals surface area (Å²) in [7, 11) is 0. The number of hydrogen-bond donors (Lipinski definition) is 0. The maximum Gasteiger partial charge on any atom is 0.410 e. The van der Waals surface area contributed by atoms with Crippen LogP contribution >= 0.6 is 0 Å². The molecule has 0 N–H and O–H groups in total. The van der Waals surface area contributed by atoms with Crippen molar-refractivity contribution in [2.45, 2.75) is 45.5 Å². The lowest BCUT2D eigenvalue weighted by Crippen LogP contribution is -2.51. The van der Waals surface area contributed by atoms with Gasteiger partial charge in [0.05, 0.1) is 19.2 Å². The highest BCUT2D eigenvalue weighted by molar-refractivity contribution is 5.69. The second-order valence-electron chi connectivity index (χ2n) is 5.01. The summed E-state index contributed by atoms with van der Waals surface area (Å²) in [4.78, 5) is 23.9. The number of amides is 1. The summed E-state index contributed by atoms with van der Waals surface area (Å²) in [6.07, 6.45) is -0.366. The third-order valence-electron chi connectivity index (χ3n) is 2.09. The van der Waals surface area contributed by atoms with Crippen molar-refractivity contribution < 1.29 is 19.1 Å². The van der Waals surface area contributed by atoms with Gasteiger partial charge in [-0.2, -0.15) is 0 Å². The molecule has 92 valence electrons. The molecule has 0 aromatic carbocycles. The van der Waals surface area contributed by atoms with Gasteiger partial charge in [0.2, 0.25) is 0 Å². The highest BCUT2D eigenvalue weighted by Crippen LogP contribution is 2.15. The van der Waals surface area contributed by atoms with Crippen molar-refractivity contribution in [3.05, 3.63) is 0 Å². The van der Waals surface area contributed by atoms with E-state index < -0.39 is 17.8 Å². The van der Waals surface area contributed by atoms with E-state index in [1.165, 1.54) is 4.90 Å². The van der Waals surface area contributed by atoms with E-state index in [2.05, 4.69) is 0 Å². The lowest BCUT2D eigenvalue weighted by Gasteiger charge is -2.35. The zero-order valence-electron chi connectivity index (χ0n) is 10.2. The van der Waals surface area contributed by atoms with E-state index in [1.54, 1.807) is 0 Å². The van der Waals surface area contributed by atoms with Gasteiger partial charge in [-0.15, -0.1) is 0 Å². The van der Waals surface area contributed by atoms with Gasteiger partial charge in [0, 0.05) is 0 Å². The van der Waals surface area contributed by atoms with Gasteiger partial charge in [-0.05, 0) is 27.7 Å². The molecule has 1 rings (SSSR count). The highest BCUT2D eigenvalue weighted by Gasteiger charge is 2.30. The van der Waals surface area contributed by atoms with Crippen molar-refractivity contribution in [1.29, 1.82) is 0 Å². The van der Waals surface area contributed by atoms with Crippen LogP contribution in [0.15, 0.2) is 0 Å². The Morgan fingerprint density at radius 1 is 1.44 bits per heavy atom. The van der Waals surface area contributed by atoms with Crippen LogP contribution in [0.3, 0.4) is 0 Å². The Morgan fingerprint density at radius 2 is 2.06 bits per heavy atom. The number of morpholine rings is 1. The van der Waals surface area contributed by atoms with Crippen LogP contribution in [-0.2, 0) is 14.3 Å². The van der Waals surface area contributed by atoms with Gasteiger partial charge in [0.25, 0.3) is 0 Å². The predicted octanol–water partition coefficient (Wildman–Crippen LogP) is 1.21. The average molecular weight is 229 g/mol. The van der Waals surface area contributed by atoms with Crippen LogP contribution in [0.1, 0.15) is 27.7 Å². The maximum absolute atomic E-state index is 11.8. The summed E-state index contributed by atoms with van der Waals surface area (Å²) in [6, 6.07) is 0. The van der Waals surface area contributed by atoms with E-state index >= 15 is 0 Å². The molecule has 5 nitrogen and oxygen atoms in total. The van der Waals surface area contributed by atoms with Crippen LogP contribution in [0.25, 0.3) is 0 Å². The number of ether oxygens (including phenoxy) is 2. The lowest BCUT2D eigenvalue weighted by molar-refractivity contribution is -0.130. The monoisotopic (exact) mass is 229 g/mol. The number of rotatable bonds is 1. The van der Waals surface area contributed by atoms with Crippen molar-refractivity contribution in [3.63, 3.8) is 0 Å². The molecule has 0 aromatic rings. The molecule has 1 aliphatic heterocycles. The smallest absolute Gasteiger partial charge is 0.410 e. The second-order valence-corrected chi connectivity index (χ2v) is 5.01. The molecule has 2 atom stereocenters. The minimum absolute atomic E-state index is 0.142. The third-order valence-corrected chi connectivity index (χ3v) is 2.09. The summed E-state index contributed by atoms with van der Waals surface area (Å²) in [5.74, 6) is 0. The van der Waals surface area contributed by atoms with E-state index in [4.69, 9.17) is 9.47 Å². The summed E-state index contributed by atoms with van der Waals surface area (Å²) in [5.41, 5.74) is -0.519. The third kappa shape index (κ3) is 3.81. The molecular weight excluding hydrogens is 210 g/mol. The van der Waals surface area contributed by atoms with Crippen molar-refractivity contribution in [3.8, 4) is 0 Å².